The van der Waals surface area contributed by atoms with Crippen LogP contribution >= 0.6 is 0 Å². The monoisotopic (exact) mass is 298 g/mol. The third-order valence-corrected chi connectivity index (χ3v) is 8.34. The van der Waals surface area contributed by atoms with Crippen molar-refractivity contribution in [3.8, 4) is 0 Å². The van der Waals surface area contributed by atoms with Gasteiger partial charge in [0.1, 0.15) is 5.78 Å². The minimum atomic E-state index is 0.386. The zero-order valence-electron chi connectivity index (χ0n) is 14.2. The van der Waals surface area contributed by atoms with Crippen LogP contribution in [0.4, 0.5) is 0 Å². The number of carbonyl (C=O) groups is 1. The van der Waals surface area contributed by atoms with Gasteiger partial charge in [-0.1, -0.05) is 32.6 Å². The van der Waals surface area contributed by atoms with Gasteiger partial charge in [0.05, 0.1) is 0 Å². The van der Waals surface area contributed by atoms with Crippen molar-refractivity contribution >= 4 is 5.78 Å². The molecule has 0 aromatic rings. The highest BCUT2D eigenvalue weighted by Gasteiger charge is 2.58. The second-order valence-corrected chi connectivity index (χ2v) is 8.96. The van der Waals surface area contributed by atoms with Crippen LogP contribution in [0.5, 0.6) is 0 Å². The van der Waals surface area contributed by atoms with Gasteiger partial charge in [-0.25, -0.2) is 0 Å². The number of fused-ring (bicyclic) bond motifs is 5. The lowest BCUT2D eigenvalue weighted by Crippen LogP contribution is -2.53. The molecule has 120 valence electrons. The van der Waals surface area contributed by atoms with Crippen molar-refractivity contribution in [2.24, 2.45) is 34.5 Å². The smallest absolute Gasteiger partial charge is 0.133 e. The Bertz CT molecular complexity index is 544. The summed E-state index contributed by atoms with van der Waals surface area (Å²) >= 11 is 0. The summed E-state index contributed by atoms with van der Waals surface area (Å²) in [6.45, 7) is 9.09. The van der Waals surface area contributed by atoms with Crippen molar-refractivity contribution in [3.05, 3.63) is 24.3 Å². The van der Waals surface area contributed by atoms with Crippen LogP contribution in [-0.2, 0) is 4.79 Å². The fourth-order valence-corrected chi connectivity index (χ4v) is 6.96. The minimum absolute atomic E-state index is 0.386. The maximum absolute atomic E-state index is 11.9. The molecular formula is C21H30O. The molecule has 1 nitrogen and oxygen atoms in total. The number of allylic oxidation sites excluding steroid dienone is 3. The maximum atomic E-state index is 11.9. The summed E-state index contributed by atoms with van der Waals surface area (Å²) in [6, 6.07) is 0. The molecule has 0 amide bonds. The molecule has 22 heavy (non-hydrogen) atoms. The molecular weight excluding hydrogens is 268 g/mol. The van der Waals surface area contributed by atoms with E-state index in [0.717, 1.165) is 37.0 Å². The molecule has 0 spiro atoms. The summed E-state index contributed by atoms with van der Waals surface area (Å²) in [6.07, 6.45) is 14.1. The van der Waals surface area contributed by atoms with Gasteiger partial charge < -0.3 is 0 Å². The van der Waals surface area contributed by atoms with E-state index in [1.54, 1.807) is 0 Å². The molecule has 4 aliphatic rings. The molecule has 0 bridgehead atoms. The maximum Gasteiger partial charge on any atom is 0.133 e. The quantitative estimate of drug-likeness (QED) is 0.640. The Morgan fingerprint density at radius 2 is 2.00 bits per heavy atom. The molecule has 1 heteroatoms. The highest BCUT2D eigenvalue weighted by Crippen LogP contribution is 2.66. The summed E-state index contributed by atoms with van der Waals surface area (Å²) in [5, 5.41) is 0. The summed E-state index contributed by atoms with van der Waals surface area (Å²) in [5.74, 6) is 3.76. The van der Waals surface area contributed by atoms with Crippen LogP contribution < -0.4 is 0 Å². The van der Waals surface area contributed by atoms with E-state index >= 15 is 0 Å². The van der Waals surface area contributed by atoms with Crippen molar-refractivity contribution in [1.82, 2.24) is 0 Å². The third kappa shape index (κ3) is 1.80. The third-order valence-electron chi connectivity index (χ3n) is 8.34. The molecule has 0 radical (unpaired) electrons. The second kappa shape index (κ2) is 4.82. The summed E-state index contributed by atoms with van der Waals surface area (Å²) in [5.41, 5.74) is 2.34. The summed E-state index contributed by atoms with van der Waals surface area (Å²) < 4.78 is 0. The normalized spacial score (nSPS) is 50.6. The van der Waals surface area contributed by atoms with Crippen molar-refractivity contribution in [2.45, 2.75) is 65.2 Å². The van der Waals surface area contributed by atoms with Gasteiger partial charge >= 0.3 is 0 Å². The van der Waals surface area contributed by atoms with E-state index in [1.807, 2.05) is 0 Å². The second-order valence-electron chi connectivity index (χ2n) is 8.96. The lowest BCUT2D eigenvalue weighted by Gasteiger charge is -2.60. The zero-order chi connectivity index (χ0) is 15.5. The van der Waals surface area contributed by atoms with Crippen molar-refractivity contribution < 1.29 is 4.79 Å². The van der Waals surface area contributed by atoms with E-state index in [-0.39, 0.29) is 0 Å². The summed E-state index contributed by atoms with van der Waals surface area (Å²) in [4.78, 5) is 11.9. The Morgan fingerprint density at radius 3 is 2.77 bits per heavy atom. The first-order chi connectivity index (χ1) is 10.5. The predicted octanol–water partition coefficient (Wildman–Crippen LogP) is 5.32. The lowest BCUT2D eigenvalue weighted by atomic mass is 9.45. The molecule has 3 unspecified atom stereocenters. The fraction of sp³-hybridized carbons (Fsp3) is 0.762. The van der Waals surface area contributed by atoms with E-state index in [1.165, 1.54) is 37.7 Å². The highest BCUT2D eigenvalue weighted by molar-refractivity contribution is 5.79. The largest absolute Gasteiger partial charge is 0.300 e. The van der Waals surface area contributed by atoms with E-state index in [4.69, 9.17) is 0 Å². The first-order valence-corrected chi connectivity index (χ1v) is 9.34. The zero-order valence-corrected chi connectivity index (χ0v) is 14.2. The van der Waals surface area contributed by atoms with Crippen molar-refractivity contribution in [1.29, 1.82) is 0 Å². The van der Waals surface area contributed by atoms with E-state index in [9.17, 15) is 4.79 Å². The van der Waals surface area contributed by atoms with E-state index in [0.29, 0.717) is 22.5 Å². The van der Waals surface area contributed by atoms with Crippen LogP contribution in [0.1, 0.15) is 65.2 Å². The van der Waals surface area contributed by atoms with Crippen LogP contribution in [0.3, 0.4) is 0 Å². The lowest BCUT2D eigenvalue weighted by molar-refractivity contribution is -0.137. The average molecular weight is 298 g/mol. The molecule has 0 N–H and O–H groups in total. The highest BCUT2D eigenvalue weighted by atomic mass is 16.1. The minimum Gasteiger partial charge on any atom is -0.300 e. The van der Waals surface area contributed by atoms with Gasteiger partial charge in [-0.3, -0.25) is 4.79 Å². The van der Waals surface area contributed by atoms with Crippen LogP contribution in [0.25, 0.3) is 0 Å². The first-order valence-electron chi connectivity index (χ1n) is 9.34. The van der Waals surface area contributed by atoms with Crippen LogP contribution in [-0.4, -0.2) is 5.78 Å². The molecule has 0 aromatic heterocycles. The molecule has 0 aliphatic heterocycles. The Hall–Kier alpha value is -0.850. The standard InChI is InChI=1S/C21H30O/c1-4-14-6-8-18-17-7-5-15-13-16(22)9-11-21(15,3)19(17)10-12-20(14,18)2/h4,6,15,17-19H,1,5,7-13H2,2-3H3/t15-,17?,18?,19?,20-,21+/m1/s1. The molecule has 6 atom stereocenters. The average Bonchev–Trinajstić information content (AvgIpc) is 2.84. The van der Waals surface area contributed by atoms with Gasteiger partial charge in [0.25, 0.3) is 0 Å². The van der Waals surface area contributed by atoms with Crippen molar-refractivity contribution in [2.75, 3.05) is 0 Å². The van der Waals surface area contributed by atoms with E-state index < -0.39 is 0 Å². The first kappa shape index (κ1) is 14.7. The van der Waals surface area contributed by atoms with Gasteiger partial charge in [0, 0.05) is 12.8 Å². The predicted molar refractivity (Wildman–Crippen MR) is 90.4 cm³/mol. The van der Waals surface area contributed by atoms with Gasteiger partial charge in [-0.15, -0.1) is 0 Å². The molecule has 4 rings (SSSR count). The van der Waals surface area contributed by atoms with Gasteiger partial charge in [-0.05, 0) is 78.6 Å². The Labute approximate surface area is 135 Å². The van der Waals surface area contributed by atoms with Crippen LogP contribution in [0.2, 0.25) is 0 Å². The van der Waals surface area contributed by atoms with Crippen molar-refractivity contribution in [3.63, 3.8) is 0 Å². The number of hydrogen-bond acceptors (Lipinski definition) is 1. The van der Waals surface area contributed by atoms with E-state index in [2.05, 4.69) is 32.6 Å². The molecule has 0 aromatic carbocycles. The SMILES string of the molecule is C=CC1=CCC2C3CC[C@@H]4CC(=O)CC[C@]4(C)C3CC[C@]12C. The molecule has 0 saturated heterocycles. The van der Waals surface area contributed by atoms with Gasteiger partial charge in [0.2, 0.25) is 0 Å². The Kier molecular flexibility index (Phi) is 3.23. The van der Waals surface area contributed by atoms with Gasteiger partial charge in [0.15, 0.2) is 0 Å². The Morgan fingerprint density at radius 1 is 1.18 bits per heavy atom. The van der Waals surface area contributed by atoms with Crippen LogP contribution in [0.15, 0.2) is 24.3 Å². The van der Waals surface area contributed by atoms with Crippen LogP contribution in [0, 0.1) is 34.5 Å². The number of carbonyl (C=O) groups excluding carboxylic acids is 1. The summed E-state index contributed by atoms with van der Waals surface area (Å²) in [7, 11) is 0. The number of ketones is 1. The Balaban J connectivity index is 1.64. The molecule has 3 fully saturated rings. The molecule has 0 heterocycles. The number of Topliss-reactive ketones (excluding diaryl/α,β-unsaturated/α-hetero) is 1. The topological polar surface area (TPSA) is 17.1 Å². The number of rotatable bonds is 1. The fourth-order valence-electron chi connectivity index (χ4n) is 6.96. The molecule has 4 aliphatic carbocycles. The molecule has 3 saturated carbocycles. The number of hydrogen-bond donors (Lipinski definition) is 0. The van der Waals surface area contributed by atoms with Gasteiger partial charge in [-0.2, -0.15) is 0 Å².